The molecule has 0 N–H and O–H groups in total. The SMILES string of the molecule is O=C(OCc1ccc(Br)cc1)c1cccc(S(=O)(=O)N(Cc2ccc(Br)cc2)c2ccccc2F)c1. The van der Waals surface area contributed by atoms with E-state index in [9.17, 15) is 17.6 Å². The molecule has 5 nitrogen and oxygen atoms in total. The van der Waals surface area contributed by atoms with Crippen LogP contribution in [0.1, 0.15) is 21.5 Å². The van der Waals surface area contributed by atoms with Gasteiger partial charge in [-0.2, -0.15) is 0 Å². The van der Waals surface area contributed by atoms with Crippen molar-refractivity contribution in [1.29, 1.82) is 0 Å². The molecule has 0 spiro atoms. The van der Waals surface area contributed by atoms with E-state index in [1.165, 1.54) is 42.5 Å². The normalized spacial score (nSPS) is 11.2. The van der Waals surface area contributed by atoms with Crippen molar-refractivity contribution in [3.8, 4) is 0 Å². The molecule has 0 fully saturated rings. The third-order valence-corrected chi connectivity index (χ3v) is 8.11. The van der Waals surface area contributed by atoms with Gasteiger partial charge >= 0.3 is 5.97 Å². The van der Waals surface area contributed by atoms with Crippen LogP contribution in [0.2, 0.25) is 0 Å². The van der Waals surface area contributed by atoms with E-state index >= 15 is 0 Å². The number of esters is 1. The van der Waals surface area contributed by atoms with Gasteiger partial charge in [0.25, 0.3) is 10.0 Å². The first-order valence-electron chi connectivity index (χ1n) is 10.8. The number of carbonyl (C=O) groups is 1. The van der Waals surface area contributed by atoms with Crippen molar-refractivity contribution in [2.75, 3.05) is 4.31 Å². The number of benzene rings is 4. The number of para-hydroxylation sites is 1. The summed E-state index contributed by atoms with van der Waals surface area (Å²) in [6.45, 7) is -0.0667. The van der Waals surface area contributed by atoms with Crippen molar-refractivity contribution in [1.82, 2.24) is 0 Å². The van der Waals surface area contributed by atoms with E-state index in [4.69, 9.17) is 4.74 Å². The van der Waals surface area contributed by atoms with Crippen molar-refractivity contribution in [2.45, 2.75) is 18.0 Å². The quantitative estimate of drug-likeness (QED) is 0.194. The third-order valence-electron chi connectivity index (χ3n) is 5.30. The number of hydrogen-bond donors (Lipinski definition) is 0. The van der Waals surface area contributed by atoms with Crippen LogP contribution in [0, 0.1) is 5.82 Å². The molecule has 0 aliphatic carbocycles. The standard InChI is InChI=1S/C27H20Br2FNO4S/c28-22-12-8-19(9-13-22)17-31(26-7-2-1-6-25(26)30)36(33,34)24-5-3-4-21(16-24)27(32)35-18-20-10-14-23(29)15-11-20/h1-16H,17-18H2. The molecule has 0 aliphatic heterocycles. The molecular formula is C27H20Br2FNO4S. The maximum Gasteiger partial charge on any atom is 0.338 e. The fourth-order valence-electron chi connectivity index (χ4n) is 3.43. The van der Waals surface area contributed by atoms with E-state index in [1.54, 1.807) is 30.3 Å². The summed E-state index contributed by atoms with van der Waals surface area (Å²) in [6.07, 6.45) is 0. The first kappa shape index (κ1) is 26.1. The summed E-state index contributed by atoms with van der Waals surface area (Å²) >= 11 is 6.71. The Morgan fingerprint density at radius 3 is 2.06 bits per heavy atom. The predicted octanol–water partition coefficient (Wildman–Crippen LogP) is 7.10. The molecule has 0 amide bonds. The minimum Gasteiger partial charge on any atom is -0.457 e. The Kier molecular flexibility index (Phi) is 8.23. The summed E-state index contributed by atoms with van der Waals surface area (Å²) in [5, 5.41) is 0. The van der Waals surface area contributed by atoms with E-state index in [2.05, 4.69) is 31.9 Å². The van der Waals surface area contributed by atoms with Crippen molar-refractivity contribution in [3.05, 3.63) is 129 Å². The van der Waals surface area contributed by atoms with E-state index in [-0.39, 0.29) is 29.3 Å². The van der Waals surface area contributed by atoms with Gasteiger partial charge in [0.1, 0.15) is 12.4 Å². The van der Waals surface area contributed by atoms with Gasteiger partial charge in [0.05, 0.1) is 22.7 Å². The minimum absolute atomic E-state index is 0.0357. The van der Waals surface area contributed by atoms with E-state index < -0.39 is 21.8 Å². The van der Waals surface area contributed by atoms with Crippen LogP contribution in [0.5, 0.6) is 0 Å². The van der Waals surface area contributed by atoms with Crippen LogP contribution >= 0.6 is 31.9 Å². The number of halogens is 3. The van der Waals surface area contributed by atoms with Crippen molar-refractivity contribution in [2.24, 2.45) is 0 Å². The number of sulfonamides is 1. The second-order valence-electron chi connectivity index (χ2n) is 7.82. The first-order valence-corrected chi connectivity index (χ1v) is 13.8. The molecule has 0 unspecified atom stereocenters. The Balaban J connectivity index is 1.64. The minimum atomic E-state index is -4.24. The highest BCUT2D eigenvalue weighted by Gasteiger charge is 2.28. The summed E-state index contributed by atoms with van der Waals surface area (Å²) in [5.41, 5.74) is 1.43. The Labute approximate surface area is 225 Å². The van der Waals surface area contributed by atoms with E-state index in [0.29, 0.717) is 5.56 Å². The van der Waals surface area contributed by atoms with Crippen LogP contribution in [0.25, 0.3) is 0 Å². The molecule has 4 aromatic carbocycles. The fraction of sp³-hybridized carbons (Fsp3) is 0.0741. The van der Waals surface area contributed by atoms with Crippen LogP contribution in [0.3, 0.4) is 0 Å². The van der Waals surface area contributed by atoms with Crippen LogP contribution < -0.4 is 4.31 Å². The van der Waals surface area contributed by atoms with Gasteiger partial charge in [-0.15, -0.1) is 0 Å². The smallest absolute Gasteiger partial charge is 0.338 e. The van der Waals surface area contributed by atoms with Crippen LogP contribution in [0.4, 0.5) is 10.1 Å². The molecule has 0 aliphatic rings. The van der Waals surface area contributed by atoms with Gasteiger partial charge in [0, 0.05) is 8.95 Å². The summed E-state index contributed by atoms with van der Waals surface area (Å²) in [7, 11) is -4.24. The Bertz CT molecular complexity index is 1480. The predicted molar refractivity (Wildman–Crippen MR) is 144 cm³/mol. The highest BCUT2D eigenvalue weighted by Crippen LogP contribution is 2.29. The Hall–Kier alpha value is -3.01. The van der Waals surface area contributed by atoms with E-state index in [0.717, 1.165) is 18.8 Å². The lowest BCUT2D eigenvalue weighted by Crippen LogP contribution is -2.31. The second-order valence-corrected chi connectivity index (χ2v) is 11.5. The molecule has 0 bridgehead atoms. The largest absolute Gasteiger partial charge is 0.457 e. The van der Waals surface area contributed by atoms with Gasteiger partial charge < -0.3 is 4.74 Å². The van der Waals surface area contributed by atoms with Crippen molar-refractivity contribution < 1.29 is 22.3 Å². The molecule has 184 valence electrons. The fourth-order valence-corrected chi connectivity index (χ4v) is 5.47. The number of carbonyl (C=O) groups excluding carboxylic acids is 1. The number of anilines is 1. The molecule has 4 aromatic rings. The Morgan fingerprint density at radius 1 is 0.806 bits per heavy atom. The van der Waals surface area contributed by atoms with Crippen molar-refractivity contribution in [3.63, 3.8) is 0 Å². The lowest BCUT2D eigenvalue weighted by molar-refractivity contribution is 0.0472. The summed E-state index contributed by atoms with van der Waals surface area (Å²) in [5.74, 6) is -1.34. The van der Waals surface area contributed by atoms with Crippen LogP contribution in [-0.2, 0) is 27.9 Å². The number of hydrogen-bond acceptors (Lipinski definition) is 4. The van der Waals surface area contributed by atoms with E-state index in [1.807, 2.05) is 24.3 Å². The molecule has 0 aromatic heterocycles. The lowest BCUT2D eigenvalue weighted by atomic mass is 10.2. The molecule has 0 atom stereocenters. The zero-order chi connectivity index (χ0) is 25.7. The molecule has 0 radical (unpaired) electrons. The zero-order valence-corrected chi connectivity index (χ0v) is 22.8. The van der Waals surface area contributed by atoms with Crippen molar-refractivity contribution >= 4 is 53.5 Å². The Morgan fingerprint density at radius 2 is 1.42 bits per heavy atom. The van der Waals surface area contributed by atoms with Gasteiger partial charge in [-0.25, -0.2) is 17.6 Å². The lowest BCUT2D eigenvalue weighted by Gasteiger charge is -2.25. The highest BCUT2D eigenvalue weighted by molar-refractivity contribution is 9.10. The maximum absolute atomic E-state index is 14.8. The molecule has 9 heteroatoms. The molecule has 36 heavy (non-hydrogen) atoms. The number of nitrogens with zero attached hydrogens (tertiary/aromatic N) is 1. The molecular weight excluding hydrogens is 613 g/mol. The number of rotatable bonds is 8. The van der Waals surface area contributed by atoms with Gasteiger partial charge in [-0.05, 0) is 65.7 Å². The van der Waals surface area contributed by atoms with Gasteiger partial charge in [-0.3, -0.25) is 4.31 Å². The third kappa shape index (κ3) is 6.21. The average molecular weight is 633 g/mol. The zero-order valence-electron chi connectivity index (χ0n) is 18.8. The highest BCUT2D eigenvalue weighted by atomic mass is 79.9. The van der Waals surface area contributed by atoms with Crippen LogP contribution in [-0.4, -0.2) is 14.4 Å². The first-order chi connectivity index (χ1) is 17.2. The number of ether oxygens (including phenoxy) is 1. The maximum atomic E-state index is 14.8. The summed E-state index contributed by atoms with van der Waals surface area (Å²) < 4.78 is 50.3. The van der Waals surface area contributed by atoms with Gasteiger partial charge in [0.2, 0.25) is 0 Å². The second kappa shape index (κ2) is 11.4. The molecule has 0 saturated heterocycles. The average Bonchev–Trinajstić information content (AvgIpc) is 2.88. The molecule has 0 saturated carbocycles. The summed E-state index contributed by atoms with van der Waals surface area (Å²) in [6, 6.07) is 25.6. The van der Waals surface area contributed by atoms with Crippen LogP contribution in [0.15, 0.2) is 111 Å². The monoisotopic (exact) mass is 631 g/mol. The molecule has 4 rings (SSSR count). The summed E-state index contributed by atoms with van der Waals surface area (Å²) in [4.78, 5) is 12.5. The molecule has 0 heterocycles. The van der Waals surface area contributed by atoms with Gasteiger partial charge in [0.15, 0.2) is 0 Å². The van der Waals surface area contributed by atoms with Gasteiger partial charge in [-0.1, -0.05) is 74.3 Å². The topological polar surface area (TPSA) is 63.7 Å².